The van der Waals surface area contributed by atoms with Crippen LogP contribution in [0.2, 0.25) is 5.02 Å². The Hall–Kier alpha value is -1.43. The highest BCUT2D eigenvalue weighted by Gasteiger charge is 2.20. The van der Waals surface area contributed by atoms with Crippen LogP contribution in [0.4, 0.5) is 0 Å². The molecule has 5 heteroatoms. The lowest BCUT2D eigenvalue weighted by atomic mass is 10.1. The molecule has 2 aromatic carbocycles. The van der Waals surface area contributed by atoms with Gasteiger partial charge >= 0.3 is 0 Å². The lowest BCUT2D eigenvalue weighted by Crippen LogP contribution is -2.48. The second kappa shape index (κ2) is 10.9. The highest BCUT2D eigenvalue weighted by molar-refractivity contribution is 6.30. The van der Waals surface area contributed by atoms with Gasteiger partial charge < -0.3 is 9.84 Å². The highest BCUT2D eigenvalue weighted by Crippen LogP contribution is 2.21. The number of aliphatic hydroxyl groups excluding tert-OH is 1. The molecule has 1 aliphatic rings. The van der Waals surface area contributed by atoms with Gasteiger partial charge in [0.05, 0.1) is 18.8 Å². The van der Waals surface area contributed by atoms with Crippen molar-refractivity contribution in [2.24, 2.45) is 0 Å². The summed E-state index contributed by atoms with van der Waals surface area (Å²) in [5, 5.41) is 11.2. The van der Waals surface area contributed by atoms with Crippen molar-refractivity contribution in [3.8, 4) is 0 Å². The quantitative estimate of drug-likeness (QED) is 0.688. The summed E-state index contributed by atoms with van der Waals surface area (Å²) in [4.78, 5) is 4.78. The zero-order valence-electron chi connectivity index (χ0n) is 16.6. The number of aliphatic hydroxyl groups is 1. The second-order valence-corrected chi connectivity index (χ2v) is 7.93. The van der Waals surface area contributed by atoms with Gasteiger partial charge in [-0.3, -0.25) is 9.80 Å². The van der Waals surface area contributed by atoms with Gasteiger partial charge in [-0.05, 0) is 29.7 Å². The van der Waals surface area contributed by atoms with E-state index < -0.39 is 6.10 Å². The molecule has 0 saturated carbocycles. The minimum Gasteiger partial charge on any atom is -0.389 e. The first kappa shape index (κ1) is 21.3. The third kappa shape index (κ3) is 6.57. The van der Waals surface area contributed by atoms with Crippen LogP contribution in [0.15, 0.2) is 54.6 Å². The summed E-state index contributed by atoms with van der Waals surface area (Å²) in [6.07, 6.45) is 0.493. The molecule has 0 radical (unpaired) electrons. The maximum atomic E-state index is 10.4. The van der Waals surface area contributed by atoms with Gasteiger partial charge in [0.25, 0.3) is 0 Å². The van der Waals surface area contributed by atoms with Gasteiger partial charge in [-0.1, -0.05) is 61.0 Å². The van der Waals surface area contributed by atoms with Gasteiger partial charge in [-0.2, -0.15) is 0 Å². The monoisotopic (exact) mass is 402 g/mol. The Morgan fingerprint density at radius 3 is 2.25 bits per heavy atom. The third-order valence-corrected chi connectivity index (χ3v) is 5.54. The fraction of sp³-hybridized carbons (Fsp3) is 0.478. The molecule has 2 atom stereocenters. The molecule has 0 aromatic heterocycles. The van der Waals surface area contributed by atoms with Crippen molar-refractivity contribution in [2.45, 2.75) is 32.1 Å². The number of rotatable bonds is 9. The van der Waals surface area contributed by atoms with Crippen molar-refractivity contribution in [2.75, 3.05) is 39.3 Å². The predicted molar refractivity (Wildman–Crippen MR) is 115 cm³/mol. The molecule has 4 nitrogen and oxygen atoms in total. The maximum Gasteiger partial charge on any atom is 0.0900 e. The molecule has 28 heavy (non-hydrogen) atoms. The van der Waals surface area contributed by atoms with E-state index in [2.05, 4.69) is 41.0 Å². The Balaban J connectivity index is 1.37. The Bertz CT molecular complexity index is 688. The molecule has 1 N–H and O–H groups in total. The van der Waals surface area contributed by atoms with Crippen LogP contribution in [0.5, 0.6) is 0 Å². The van der Waals surface area contributed by atoms with Crippen molar-refractivity contribution in [3.05, 3.63) is 70.7 Å². The number of ether oxygens (including phenoxy) is 1. The van der Waals surface area contributed by atoms with Crippen LogP contribution >= 0.6 is 11.6 Å². The standard InChI is InChI=1S/C23H31ClN2O2/c1-2-23(20-6-4-3-5-7-20)28-18-22(27)17-26-14-12-25(13-15-26)16-19-8-10-21(24)11-9-19/h3-11,22-23,27H,2,12-18H2,1H3/t22-,23-/m1/s1. The summed E-state index contributed by atoms with van der Waals surface area (Å²) in [6.45, 7) is 8.07. The fourth-order valence-corrected chi connectivity index (χ4v) is 3.80. The Labute approximate surface area is 173 Å². The Kier molecular flexibility index (Phi) is 8.31. The average molecular weight is 403 g/mol. The van der Waals surface area contributed by atoms with Crippen molar-refractivity contribution >= 4 is 11.6 Å². The molecular weight excluding hydrogens is 372 g/mol. The number of hydrogen-bond acceptors (Lipinski definition) is 4. The first-order valence-electron chi connectivity index (χ1n) is 10.2. The van der Waals surface area contributed by atoms with Crippen molar-refractivity contribution in [1.29, 1.82) is 0 Å². The molecule has 1 aliphatic heterocycles. The fourth-order valence-electron chi connectivity index (χ4n) is 3.67. The van der Waals surface area contributed by atoms with Crippen LogP contribution in [-0.4, -0.2) is 60.3 Å². The van der Waals surface area contributed by atoms with Crippen LogP contribution in [0.25, 0.3) is 0 Å². The van der Waals surface area contributed by atoms with E-state index in [4.69, 9.17) is 16.3 Å². The largest absolute Gasteiger partial charge is 0.389 e. The van der Waals surface area contributed by atoms with E-state index >= 15 is 0 Å². The molecule has 0 spiro atoms. The zero-order valence-corrected chi connectivity index (χ0v) is 17.4. The molecule has 1 saturated heterocycles. The van der Waals surface area contributed by atoms with Gasteiger partial charge in [0, 0.05) is 44.3 Å². The van der Waals surface area contributed by atoms with Crippen molar-refractivity contribution < 1.29 is 9.84 Å². The first-order chi connectivity index (χ1) is 13.6. The van der Waals surface area contributed by atoms with Crippen LogP contribution in [0.3, 0.4) is 0 Å². The Morgan fingerprint density at radius 1 is 0.964 bits per heavy atom. The van der Waals surface area contributed by atoms with Crippen molar-refractivity contribution in [3.63, 3.8) is 0 Å². The first-order valence-corrected chi connectivity index (χ1v) is 10.6. The van der Waals surface area contributed by atoms with E-state index in [1.807, 2.05) is 30.3 Å². The van der Waals surface area contributed by atoms with Crippen LogP contribution < -0.4 is 0 Å². The lowest BCUT2D eigenvalue weighted by Gasteiger charge is -2.35. The number of piperazine rings is 1. The minimum absolute atomic E-state index is 0.0482. The molecule has 2 aromatic rings. The Morgan fingerprint density at radius 2 is 1.61 bits per heavy atom. The maximum absolute atomic E-state index is 10.4. The number of nitrogens with zero attached hydrogens (tertiary/aromatic N) is 2. The summed E-state index contributed by atoms with van der Waals surface area (Å²) >= 11 is 5.96. The van der Waals surface area contributed by atoms with E-state index in [1.54, 1.807) is 0 Å². The smallest absolute Gasteiger partial charge is 0.0900 e. The number of halogens is 1. The van der Waals surface area contributed by atoms with Crippen LogP contribution in [0.1, 0.15) is 30.6 Å². The average Bonchev–Trinajstić information content (AvgIpc) is 2.72. The topological polar surface area (TPSA) is 35.9 Å². The van der Waals surface area contributed by atoms with Gasteiger partial charge in [0.1, 0.15) is 0 Å². The molecule has 0 bridgehead atoms. The molecule has 1 fully saturated rings. The summed E-state index contributed by atoms with van der Waals surface area (Å²) < 4.78 is 5.99. The van der Waals surface area contributed by atoms with Gasteiger partial charge in [0.2, 0.25) is 0 Å². The molecular formula is C23H31ClN2O2. The normalized spacial score (nSPS) is 18.1. The molecule has 0 aliphatic carbocycles. The molecule has 152 valence electrons. The number of hydrogen-bond donors (Lipinski definition) is 1. The summed E-state index contributed by atoms with van der Waals surface area (Å²) in [7, 11) is 0. The SMILES string of the molecule is CC[C@@H](OC[C@H](O)CN1CCN(Cc2ccc(Cl)cc2)CC1)c1ccccc1. The van der Waals surface area contributed by atoms with E-state index in [0.29, 0.717) is 13.2 Å². The predicted octanol–water partition coefficient (Wildman–Crippen LogP) is 3.99. The minimum atomic E-state index is -0.458. The lowest BCUT2D eigenvalue weighted by molar-refractivity contribution is -0.0284. The summed E-state index contributed by atoms with van der Waals surface area (Å²) in [6, 6.07) is 18.3. The summed E-state index contributed by atoms with van der Waals surface area (Å²) in [5.41, 5.74) is 2.46. The molecule has 1 heterocycles. The van der Waals surface area contributed by atoms with Crippen LogP contribution in [0, 0.1) is 0 Å². The summed E-state index contributed by atoms with van der Waals surface area (Å²) in [5.74, 6) is 0. The van der Waals surface area contributed by atoms with E-state index in [9.17, 15) is 5.11 Å². The van der Waals surface area contributed by atoms with Gasteiger partial charge in [-0.25, -0.2) is 0 Å². The second-order valence-electron chi connectivity index (χ2n) is 7.50. The number of benzene rings is 2. The van der Waals surface area contributed by atoms with E-state index in [0.717, 1.165) is 44.2 Å². The van der Waals surface area contributed by atoms with E-state index in [-0.39, 0.29) is 6.10 Å². The van der Waals surface area contributed by atoms with Gasteiger partial charge in [-0.15, -0.1) is 0 Å². The molecule has 0 amide bonds. The zero-order chi connectivity index (χ0) is 19.8. The van der Waals surface area contributed by atoms with E-state index in [1.165, 1.54) is 11.1 Å². The molecule has 0 unspecified atom stereocenters. The third-order valence-electron chi connectivity index (χ3n) is 5.29. The van der Waals surface area contributed by atoms with Crippen LogP contribution in [-0.2, 0) is 11.3 Å². The molecule has 3 rings (SSSR count). The highest BCUT2D eigenvalue weighted by atomic mass is 35.5. The van der Waals surface area contributed by atoms with Crippen molar-refractivity contribution in [1.82, 2.24) is 9.80 Å². The van der Waals surface area contributed by atoms with Gasteiger partial charge in [0.15, 0.2) is 0 Å². The number of β-amino-alcohol motifs (C(OH)–C–C–N with tert-alkyl or cyclic N) is 1.